The monoisotopic (exact) mass is 261 g/mol. The van der Waals surface area contributed by atoms with Crippen LogP contribution >= 0.6 is 23.4 Å². The van der Waals surface area contributed by atoms with Crippen LogP contribution in [0.1, 0.15) is 38.5 Å². The second-order valence-corrected chi connectivity index (χ2v) is 6.80. The first-order chi connectivity index (χ1) is 7.75. The van der Waals surface area contributed by atoms with Crippen LogP contribution in [0.3, 0.4) is 0 Å². The van der Waals surface area contributed by atoms with Crippen LogP contribution in [0.25, 0.3) is 0 Å². The number of alkyl halides is 1. The first kappa shape index (κ1) is 12.6. The third kappa shape index (κ3) is 3.56. The van der Waals surface area contributed by atoms with Crippen LogP contribution in [0.2, 0.25) is 0 Å². The molecule has 2 fully saturated rings. The Kier molecular flexibility index (Phi) is 4.83. The summed E-state index contributed by atoms with van der Waals surface area (Å²) in [6, 6.07) is 0. The maximum atomic E-state index is 11.9. The SMILES string of the molecule is O=C(NCC1CCC(Cl)C1)C1CCCCS1. The van der Waals surface area contributed by atoms with Gasteiger partial charge in [0.1, 0.15) is 0 Å². The normalized spacial score (nSPS) is 34.9. The molecular weight excluding hydrogens is 242 g/mol. The number of nitrogens with one attached hydrogen (secondary N) is 1. The number of carbonyl (C=O) groups excluding carboxylic acids is 1. The Balaban J connectivity index is 1.66. The van der Waals surface area contributed by atoms with Crippen molar-refractivity contribution in [3.63, 3.8) is 0 Å². The van der Waals surface area contributed by atoms with Gasteiger partial charge in [-0.3, -0.25) is 4.79 Å². The Morgan fingerprint density at radius 1 is 1.31 bits per heavy atom. The molecule has 0 aromatic rings. The van der Waals surface area contributed by atoms with Crippen molar-refractivity contribution in [3.8, 4) is 0 Å². The molecular formula is C12H20ClNOS. The van der Waals surface area contributed by atoms with Gasteiger partial charge >= 0.3 is 0 Å². The Bertz CT molecular complexity index is 243. The summed E-state index contributed by atoms with van der Waals surface area (Å²) in [5.74, 6) is 2.01. The predicted octanol–water partition coefficient (Wildman–Crippen LogP) is 2.80. The van der Waals surface area contributed by atoms with Crippen LogP contribution < -0.4 is 5.32 Å². The van der Waals surface area contributed by atoms with E-state index in [9.17, 15) is 4.79 Å². The van der Waals surface area contributed by atoms with Crippen LogP contribution in [-0.4, -0.2) is 28.8 Å². The standard InChI is InChI=1S/C12H20ClNOS/c13-10-5-4-9(7-10)8-14-12(15)11-3-1-2-6-16-11/h9-11H,1-8H2,(H,14,15). The molecule has 1 aliphatic heterocycles. The molecule has 0 aromatic carbocycles. The molecule has 1 N–H and O–H groups in total. The number of rotatable bonds is 3. The fourth-order valence-corrected chi connectivity index (χ4v) is 4.11. The van der Waals surface area contributed by atoms with E-state index in [2.05, 4.69) is 5.32 Å². The molecule has 2 nitrogen and oxygen atoms in total. The second-order valence-electron chi connectivity index (χ2n) is 4.88. The third-order valence-corrected chi connectivity index (χ3v) is 5.29. The lowest BCUT2D eigenvalue weighted by Crippen LogP contribution is -2.36. The molecule has 1 aliphatic carbocycles. The average molecular weight is 262 g/mol. The molecule has 1 heterocycles. The highest BCUT2D eigenvalue weighted by Crippen LogP contribution is 2.29. The van der Waals surface area contributed by atoms with Gasteiger partial charge in [0, 0.05) is 11.9 Å². The fraction of sp³-hybridized carbons (Fsp3) is 0.917. The van der Waals surface area contributed by atoms with Crippen molar-refractivity contribution in [3.05, 3.63) is 0 Å². The quantitative estimate of drug-likeness (QED) is 0.792. The summed E-state index contributed by atoms with van der Waals surface area (Å²) < 4.78 is 0. The Morgan fingerprint density at radius 3 is 2.81 bits per heavy atom. The first-order valence-electron chi connectivity index (χ1n) is 6.29. The molecule has 0 radical (unpaired) electrons. The summed E-state index contributed by atoms with van der Waals surface area (Å²) in [5.41, 5.74) is 0. The molecule has 3 unspecified atom stereocenters. The van der Waals surface area contributed by atoms with Crippen LogP contribution in [-0.2, 0) is 4.79 Å². The zero-order valence-corrected chi connectivity index (χ0v) is 11.2. The van der Waals surface area contributed by atoms with Gasteiger partial charge in [-0.25, -0.2) is 0 Å². The molecule has 0 spiro atoms. The third-order valence-electron chi connectivity index (χ3n) is 3.51. The van der Waals surface area contributed by atoms with E-state index < -0.39 is 0 Å². The zero-order valence-electron chi connectivity index (χ0n) is 9.58. The molecule has 0 bridgehead atoms. The van der Waals surface area contributed by atoms with E-state index in [4.69, 9.17) is 11.6 Å². The summed E-state index contributed by atoms with van der Waals surface area (Å²) in [6.07, 6.45) is 6.88. The van der Waals surface area contributed by atoms with Crippen molar-refractivity contribution >= 4 is 29.3 Å². The Morgan fingerprint density at radius 2 is 2.19 bits per heavy atom. The first-order valence-corrected chi connectivity index (χ1v) is 7.77. The van der Waals surface area contributed by atoms with Gasteiger partial charge in [0.25, 0.3) is 0 Å². The number of amides is 1. The number of thioether (sulfide) groups is 1. The second kappa shape index (κ2) is 6.15. The molecule has 0 aromatic heterocycles. The molecule has 2 aliphatic rings. The molecule has 92 valence electrons. The molecule has 1 saturated heterocycles. The highest BCUT2D eigenvalue weighted by Gasteiger charge is 2.25. The van der Waals surface area contributed by atoms with Gasteiger partial charge < -0.3 is 5.32 Å². The van der Waals surface area contributed by atoms with Gasteiger partial charge in [0.05, 0.1) is 5.25 Å². The summed E-state index contributed by atoms with van der Waals surface area (Å²) in [5, 5.41) is 3.65. The minimum absolute atomic E-state index is 0.210. The van der Waals surface area contributed by atoms with E-state index in [1.54, 1.807) is 0 Å². The molecule has 16 heavy (non-hydrogen) atoms. The summed E-state index contributed by atoms with van der Waals surface area (Å²) in [6.45, 7) is 0.832. The maximum absolute atomic E-state index is 11.9. The minimum atomic E-state index is 0.210. The summed E-state index contributed by atoms with van der Waals surface area (Å²) in [7, 11) is 0. The largest absolute Gasteiger partial charge is 0.355 e. The minimum Gasteiger partial charge on any atom is -0.355 e. The van der Waals surface area contributed by atoms with E-state index in [0.717, 1.165) is 31.6 Å². The van der Waals surface area contributed by atoms with Gasteiger partial charge in [-0.1, -0.05) is 6.42 Å². The highest BCUT2D eigenvalue weighted by atomic mass is 35.5. The van der Waals surface area contributed by atoms with Gasteiger partial charge in [0.15, 0.2) is 0 Å². The van der Waals surface area contributed by atoms with Gasteiger partial charge in [-0.05, 0) is 43.8 Å². The number of carbonyl (C=O) groups is 1. The smallest absolute Gasteiger partial charge is 0.233 e. The Labute approximate surface area is 107 Å². The van der Waals surface area contributed by atoms with Crippen molar-refractivity contribution in [2.24, 2.45) is 5.92 Å². The zero-order chi connectivity index (χ0) is 11.4. The average Bonchev–Trinajstić information content (AvgIpc) is 2.73. The molecule has 4 heteroatoms. The highest BCUT2D eigenvalue weighted by molar-refractivity contribution is 8.00. The predicted molar refractivity (Wildman–Crippen MR) is 70.1 cm³/mol. The molecule has 3 atom stereocenters. The number of halogens is 1. The topological polar surface area (TPSA) is 29.1 Å². The van der Waals surface area contributed by atoms with E-state index in [0.29, 0.717) is 11.3 Å². The van der Waals surface area contributed by atoms with Crippen LogP contribution in [0, 0.1) is 5.92 Å². The molecule has 2 rings (SSSR count). The lowest BCUT2D eigenvalue weighted by atomic mass is 10.1. The van der Waals surface area contributed by atoms with Crippen molar-refractivity contribution in [2.45, 2.75) is 49.2 Å². The van der Waals surface area contributed by atoms with E-state index in [1.807, 2.05) is 11.8 Å². The lowest BCUT2D eigenvalue weighted by Gasteiger charge is -2.21. The van der Waals surface area contributed by atoms with Gasteiger partial charge in [-0.2, -0.15) is 0 Å². The number of hydrogen-bond acceptors (Lipinski definition) is 2. The van der Waals surface area contributed by atoms with E-state index in [-0.39, 0.29) is 11.2 Å². The van der Waals surface area contributed by atoms with Crippen LogP contribution in [0.4, 0.5) is 0 Å². The number of hydrogen-bond donors (Lipinski definition) is 1. The van der Waals surface area contributed by atoms with Crippen molar-refractivity contribution < 1.29 is 4.79 Å². The van der Waals surface area contributed by atoms with E-state index in [1.165, 1.54) is 19.3 Å². The molecule has 1 amide bonds. The lowest BCUT2D eigenvalue weighted by molar-refractivity contribution is -0.120. The summed E-state index contributed by atoms with van der Waals surface area (Å²) >= 11 is 7.87. The maximum Gasteiger partial charge on any atom is 0.233 e. The van der Waals surface area contributed by atoms with Crippen molar-refractivity contribution in [1.29, 1.82) is 0 Å². The van der Waals surface area contributed by atoms with E-state index >= 15 is 0 Å². The van der Waals surface area contributed by atoms with Gasteiger partial charge in [0.2, 0.25) is 5.91 Å². The van der Waals surface area contributed by atoms with Gasteiger partial charge in [-0.15, -0.1) is 23.4 Å². The molecule has 1 saturated carbocycles. The Hall–Kier alpha value is 0.110. The van der Waals surface area contributed by atoms with Crippen LogP contribution in [0.5, 0.6) is 0 Å². The van der Waals surface area contributed by atoms with Crippen molar-refractivity contribution in [1.82, 2.24) is 5.32 Å². The van der Waals surface area contributed by atoms with Crippen molar-refractivity contribution in [2.75, 3.05) is 12.3 Å². The fourth-order valence-electron chi connectivity index (χ4n) is 2.51. The van der Waals surface area contributed by atoms with Crippen LogP contribution in [0.15, 0.2) is 0 Å². The summed E-state index contributed by atoms with van der Waals surface area (Å²) in [4.78, 5) is 11.9.